The topological polar surface area (TPSA) is 102 Å². The van der Waals surface area contributed by atoms with Gasteiger partial charge in [0.1, 0.15) is 5.69 Å². The van der Waals surface area contributed by atoms with Crippen LogP contribution in [-0.4, -0.2) is 33.3 Å². The molecule has 0 aliphatic heterocycles. The van der Waals surface area contributed by atoms with Crippen LogP contribution in [0.5, 0.6) is 0 Å². The van der Waals surface area contributed by atoms with Crippen LogP contribution < -0.4 is 10.6 Å². The molecule has 0 saturated carbocycles. The number of halogens is 2. The van der Waals surface area contributed by atoms with Gasteiger partial charge in [0.15, 0.2) is 11.5 Å². The first-order chi connectivity index (χ1) is 13.4. The number of aromatic nitrogens is 3. The zero-order valence-electron chi connectivity index (χ0n) is 15.1. The van der Waals surface area contributed by atoms with E-state index in [9.17, 15) is 9.59 Å². The molecule has 2 amide bonds. The maximum absolute atomic E-state index is 12.5. The van der Waals surface area contributed by atoms with Gasteiger partial charge in [0.2, 0.25) is 0 Å². The molecule has 0 aliphatic carbocycles. The number of hydrogen-bond donors (Lipinski definition) is 2. The van der Waals surface area contributed by atoms with Crippen LogP contribution in [0.15, 0.2) is 35.0 Å². The first-order valence-corrected chi connectivity index (χ1v) is 9.20. The molecule has 2 N–H and O–H groups in total. The fraction of sp³-hybridized carbons (Fsp3) is 0.222. The van der Waals surface area contributed by atoms with E-state index in [2.05, 4.69) is 20.9 Å². The monoisotopic (exact) mass is 421 g/mol. The third kappa shape index (κ3) is 4.18. The Morgan fingerprint density at radius 1 is 1.21 bits per heavy atom. The van der Waals surface area contributed by atoms with E-state index in [0.29, 0.717) is 27.9 Å². The van der Waals surface area contributed by atoms with Crippen molar-refractivity contribution >= 4 is 40.7 Å². The van der Waals surface area contributed by atoms with Crippen molar-refractivity contribution in [2.24, 2.45) is 7.05 Å². The molecule has 8 nitrogen and oxygen atoms in total. The molecular weight excluding hydrogens is 405 g/mol. The molecule has 3 rings (SSSR count). The van der Waals surface area contributed by atoms with E-state index >= 15 is 0 Å². The average molecular weight is 422 g/mol. The Labute approximate surface area is 170 Å². The summed E-state index contributed by atoms with van der Waals surface area (Å²) in [6.45, 7) is 2.47. The summed E-state index contributed by atoms with van der Waals surface area (Å²) in [7, 11) is 1.62. The summed E-state index contributed by atoms with van der Waals surface area (Å²) in [4.78, 5) is 24.8. The van der Waals surface area contributed by atoms with Gasteiger partial charge < -0.3 is 15.2 Å². The SMILES string of the molecule is CCCNC(=O)c1c(NC(=O)c2cc(-c3ccc(Cl)cc3Cl)on2)cnn1C. The lowest BCUT2D eigenvalue weighted by atomic mass is 10.1. The molecule has 0 aliphatic rings. The van der Waals surface area contributed by atoms with Crippen LogP contribution in [0.1, 0.15) is 34.3 Å². The second-order valence-corrected chi connectivity index (χ2v) is 6.78. The van der Waals surface area contributed by atoms with Gasteiger partial charge in [-0.3, -0.25) is 14.3 Å². The Hall–Kier alpha value is -2.84. The van der Waals surface area contributed by atoms with Crippen LogP contribution in [0.25, 0.3) is 11.3 Å². The van der Waals surface area contributed by atoms with Crippen LogP contribution in [0.3, 0.4) is 0 Å². The van der Waals surface area contributed by atoms with Gasteiger partial charge in [0.05, 0.1) is 16.9 Å². The quantitative estimate of drug-likeness (QED) is 0.630. The summed E-state index contributed by atoms with van der Waals surface area (Å²) in [5.41, 5.74) is 1.10. The van der Waals surface area contributed by atoms with Crippen LogP contribution in [0.2, 0.25) is 10.0 Å². The highest BCUT2D eigenvalue weighted by atomic mass is 35.5. The predicted octanol–water partition coefficient (Wildman–Crippen LogP) is 3.77. The number of benzene rings is 1. The van der Waals surface area contributed by atoms with E-state index in [1.165, 1.54) is 16.9 Å². The maximum atomic E-state index is 12.5. The van der Waals surface area contributed by atoms with E-state index in [4.69, 9.17) is 27.7 Å². The van der Waals surface area contributed by atoms with Crippen LogP contribution in [0.4, 0.5) is 5.69 Å². The van der Waals surface area contributed by atoms with Gasteiger partial charge >= 0.3 is 0 Å². The second kappa shape index (κ2) is 8.45. The number of anilines is 1. The summed E-state index contributed by atoms with van der Waals surface area (Å²) >= 11 is 12.0. The second-order valence-electron chi connectivity index (χ2n) is 5.94. The zero-order chi connectivity index (χ0) is 20.3. The van der Waals surface area contributed by atoms with Crippen molar-refractivity contribution in [3.63, 3.8) is 0 Å². The van der Waals surface area contributed by atoms with Crippen molar-refractivity contribution in [2.45, 2.75) is 13.3 Å². The molecule has 146 valence electrons. The third-order valence-corrected chi connectivity index (χ3v) is 4.42. The molecule has 0 spiro atoms. The summed E-state index contributed by atoms with van der Waals surface area (Å²) in [5.74, 6) is -0.553. The lowest BCUT2D eigenvalue weighted by Gasteiger charge is -2.07. The van der Waals surface area contributed by atoms with Crippen molar-refractivity contribution in [1.29, 1.82) is 0 Å². The molecule has 1 aromatic carbocycles. The molecule has 2 heterocycles. The van der Waals surface area contributed by atoms with E-state index < -0.39 is 5.91 Å². The van der Waals surface area contributed by atoms with Gasteiger partial charge in [0.25, 0.3) is 11.8 Å². The van der Waals surface area contributed by atoms with Crippen molar-refractivity contribution in [3.8, 4) is 11.3 Å². The standard InChI is InChI=1S/C18H17Cl2N5O3/c1-3-6-21-18(27)16-14(9-22-25(16)2)23-17(26)13-8-15(28-24-13)11-5-4-10(19)7-12(11)20/h4-5,7-9H,3,6H2,1-2H3,(H,21,27)(H,23,26). The van der Waals surface area contributed by atoms with Gasteiger partial charge in [-0.25, -0.2) is 0 Å². The Balaban J connectivity index is 1.80. The summed E-state index contributed by atoms with van der Waals surface area (Å²) in [6, 6.07) is 6.35. The lowest BCUT2D eigenvalue weighted by molar-refractivity contribution is 0.0945. The van der Waals surface area contributed by atoms with E-state index in [0.717, 1.165) is 6.42 Å². The Bertz CT molecular complexity index is 1030. The fourth-order valence-electron chi connectivity index (χ4n) is 2.51. The number of amides is 2. The number of nitrogens with zero attached hydrogens (tertiary/aromatic N) is 3. The molecule has 0 atom stereocenters. The first-order valence-electron chi connectivity index (χ1n) is 8.44. The van der Waals surface area contributed by atoms with Crippen molar-refractivity contribution < 1.29 is 14.1 Å². The van der Waals surface area contributed by atoms with Crippen molar-refractivity contribution in [1.82, 2.24) is 20.3 Å². The number of aryl methyl sites for hydroxylation is 1. The molecule has 0 unspecified atom stereocenters. The minimum absolute atomic E-state index is 0.0322. The molecule has 10 heteroatoms. The van der Waals surface area contributed by atoms with Gasteiger partial charge in [-0.2, -0.15) is 5.10 Å². The molecule has 0 saturated heterocycles. The van der Waals surface area contributed by atoms with Crippen molar-refractivity contribution in [2.75, 3.05) is 11.9 Å². The lowest BCUT2D eigenvalue weighted by Crippen LogP contribution is -2.27. The van der Waals surface area contributed by atoms with Gasteiger partial charge in [0, 0.05) is 30.2 Å². The summed E-state index contributed by atoms with van der Waals surface area (Å²) < 4.78 is 6.62. The molecule has 3 aromatic rings. The normalized spacial score (nSPS) is 10.7. The molecule has 0 radical (unpaired) electrons. The minimum Gasteiger partial charge on any atom is -0.355 e. The Kier molecular flexibility index (Phi) is 6.01. The van der Waals surface area contributed by atoms with Crippen LogP contribution in [0, 0.1) is 0 Å². The summed E-state index contributed by atoms with van der Waals surface area (Å²) in [6.07, 6.45) is 2.19. The largest absolute Gasteiger partial charge is 0.355 e. The fourth-order valence-corrected chi connectivity index (χ4v) is 3.01. The molecule has 0 fully saturated rings. The van der Waals surface area contributed by atoms with Crippen molar-refractivity contribution in [3.05, 3.63) is 51.9 Å². The number of nitrogens with one attached hydrogen (secondary N) is 2. The van der Waals surface area contributed by atoms with Gasteiger partial charge in [-0.15, -0.1) is 0 Å². The predicted molar refractivity (Wildman–Crippen MR) is 106 cm³/mol. The molecule has 0 bridgehead atoms. The van der Waals surface area contributed by atoms with Gasteiger partial charge in [-0.1, -0.05) is 35.3 Å². The maximum Gasteiger partial charge on any atom is 0.277 e. The minimum atomic E-state index is -0.544. The average Bonchev–Trinajstić information content (AvgIpc) is 3.27. The third-order valence-electron chi connectivity index (χ3n) is 3.88. The number of carbonyl (C=O) groups is 2. The zero-order valence-corrected chi connectivity index (χ0v) is 16.6. The number of carbonyl (C=O) groups excluding carboxylic acids is 2. The number of hydrogen-bond acceptors (Lipinski definition) is 5. The van der Waals surface area contributed by atoms with E-state index in [-0.39, 0.29) is 23.0 Å². The molecule has 2 aromatic heterocycles. The van der Waals surface area contributed by atoms with Crippen LogP contribution in [-0.2, 0) is 7.05 Å². The van der Waals surface area contributed by atoms with E-state index in [1.807, 2.05) is 6.92 Å². The highest BCUT2D eigenvalue weighted by Crippen LogP contribution is 2.30. The molecule has 28 heavy (non-hydrogen) atoms. The summed E-state index contributed by atoms with van der Waals surface area (Å²) in [5, 5.41) is 14.1. The van der Waals surface area contributed by atoms with Gasteiger partial charge in [-0.05, 0) is 24.6 Å². The molecular formula is C18H17Cl2N5O3. The smallest absolute Gasteiger partial charge is 0.277 e. The highest BCUT2D eigenvalue weighted by Gasteiger charge is 2.21. The van der Waals surface area contributed by atoms with E-state index in [1.54, 1.807) is 25.2 Å². The Morgan fingerprint density at radius 2 is 2.00 bits per heavy atom. The highest BCUT2D eigenvalue weighted by molar-refractivity contribution is 6.36. The Morgan fingerprint density at radius 3 is 2.71 bits per heavy atom. The first kappa shape index (κ1) is 19.9. The number of rotatable bonds is 6. The van der Waals surface area contributed by atoms with Crippen LogP contribution >= 0.6 is 23.2 Å².